The molecule has 0 atom stereocenters. The van der Waals surface area contributed by atoms with E-state index in [4.69, 9.17) is 0 Å². The fraction of sp³-hybridized carbons (Fsp3) is 0.467. The van der Waals surface area contributed by atoms with Crippen molar-refractivity contribution in [2.45, 2.75) is 46.0 Å². The standard InChI is InChI=1S/C15H22N2O/c1-3-8-14(9-4-2)16-17-15(18)12-13-10-6-5-7-11-13/h5-7,10-11H,3-4,8-9,12H2,1-2H3,(H,17,18). The number of carbonyl (C=O) groups is 1. The first-order valence-electron chi connectivity index (χ1n) is 6.64. The van der Waals surface area contributed by atoms with Gasteiger partial charge in [-0.25, -0.2) is 5.43 Å². The molecular formula is C15H22N2O. The number of hydrazone groups is 1. The van der Waals surface area contributed by atoms with Crippen molar-refractivity contribution in [3.05, 3.63) is 35.9 Å². The zero-order chi connectivity index (χ0) is 13.2. The Bertz CT molecular complexity index is 377. The van der Waals surface area contributed by atoms with E-state index < -0.39 is 0 Å². The summed E-state index contributed by atoms with van der Waals surface area (Å²) in [6.45, 7) is 4.24. The molecule has 1 rings (SSSR count). The molecule has 1 amide bonds. The van der Waals surface area contributed by atoms with Crippen LogP contribution in [0.2, 0.25) is 0 Å². The molecule has 1 aromatic rings. The van der Waals surface area contributed by atoms with Gasteiger partial charge in [-0.3, -0.25) is 4.79 Å². The lowest BCUT2D eigenvalue weighted by atomic mass is 10.1. The molecule has 0 radical (unpaired) electrons. The number of hydrogen-bond acceptors (Lipinski definition) is 2. The van der Waals surface area contributed by atoms with E-state index in [9.17, 15) is 4.79 Å². The van der Waals surface area contributed by atoms with Crippen molar-refractivity contribution >= 4 is 11.6 Å². The summed E-state index contributed by atoms with van der Waals surface area (Å²) in [5.74, 6) is -0.0501. The Morgan fingerprint density at radius 3 is 2.28 bits per heavy atom. The third kappa shape index (κ3) is 5.62. The van der Waals surface area contributed by atoms with Gasteiger partial charge in [0.05, 0.1) is 6.42 Å². The number of rotatable bonds is 7. The lowest BCUT2D eigenvalue weighted by Gasteiger charge is -2.05. The highest BCUT2D eigenvalue weighted by molar-refractivity contribution is 5.86. The molecule has 0 aromatic heterocycles. The molecule has 0 saturated carbocycles. The van der Waals surface area contributed by atoms with Crippen LogP contribution in [0.5, 0.6) is 0 Å². The first-order valence-corrected chi connectivity index (χ1v) is 6.64. The van der Waals surface area contributed by atoms with Gasteiger partial charge in [-0.15, -0.1) is 0 Å². The monoisotopic (exact) mass is 246 g/mol. The maximum Gasteiger partial charge on any atom is 0.244 e. The molecule has 0 spiro atoms. The quantitative estimate of drug-likeness (QED) is 0.582. The second-order valence-electron chi connectivity index (χ2n) is 4.38. The molecule has 0 aliphatic carbocycles. The fourth-order valence-corrected chi connectivity index (χ4v) is 1.78. The lowest BCUT2D eigenvalue weighted by molar-refractivity contribution is -0.120. The Kier molecular flexibility index (Phi) is 6.77. The SMILES string of the molecule is CCCC(CCC)=NNC(=O)Cc1ccccc1. The van der Waals surface area contributed by atoms with E-state index >= 15 is 0 Å². The van der Waals surface area contributed by atoms with E-state index in [1.54, 1.807) is 0 Å². The molecule has 1 aromatic carbocycles. The largest absolute Gasteiger partial charge is 0.273 e. The van der Waals surface area contributed by atoms with Gasteiger partial charge < -0.3 is 0 Å². The molecule has 0 bridgehead atoms. The van der Waals surface area contributed by atoms with Crippen LogP contribution in [0.15, 0.2) is 35.4 Å². The molecule has 0 aliphatic heterocycles. The topological polar surface area (TPSA) is 41.5 Å². The van der Waals surface area contributed by atoms with Crippen molar-refractivity contribution in [1.82, 2.24) is 5.43 Å². The van der Waals surface area contributed by atoms with Gasteiger partial charge in [-0.1, -0.05) is 57.0 Å². The third-order valence-corrected chi connectivity index (χ3v) is 2.62. The normalized spacial score (nSPS) is 9.89. The summed E-state index contributed by atoms with van der Waals surface area (Å²) in [5.41, 5.74) is 4.75. The summed E-state index contributed by atoms with van der Waals surface area (Å²) in [6.07, 6.45) is 4.43. The molecule has 0 heterocycles. The molecule has 98 valence electrons. The first-order chi connectivity index (χ1) is 8.76. The van der Waals surface area contributed by atoms with Gasteiger partial charge in [0, 0.05) is 5.71 Å². The zero-order valence-corrected chi connectivity index (χ0v) is 11.3. The molecule has 0 unspecified atom stereocenters. The average molecular weight is 246 g/mol. The van der Waals surface area contributed by atoms with Crippen LogP contribution in [0.25, 0.3) is 0 Å². The van der Waals surface area contributed by atoms with E-state index in [-0.39, 0.29) is 5.91 Å². The minimum absolute atomic E-state index is 0.0501. The molecular weight excluding hydrogens is 224 g/mol. The van der Waals surface area contributed by atoms with Gasteiger partial charge in [0.2, 0.25) is 5.91 Å². The predicted molar refractivity (Wildman–Crippen MR) is 75.5 cm³/mol. The minimum atomic E-state index is -0.0501. The van der Waals surface area contributed by atoms with Gasteiger partial charge in [0.1, 0.15) is 0 Å². The highest BCUT2D eigenvalue weighted by atomic mass is 16.2. The number of nitrogens with one attached hydrogen (secondary N) is 1. The molecule has 0 fully saturated rings. The van der Waals surface area contributed by atoms with Gasteiger partial charge in [0.25, 0.3) is 0 Å². The Morgan fingerprint density at radius 1 is 1.11 bits per heavy atom. The maximum absolute atomic E-state index is 11.7. The molecule has 3 heteroatoms. The smallest absolute Gasteiger partial charge is 0.244 e. The van der Waals surface area contributed by atoms with Gasteiger partial charge >= 0.3 is 0 Å². The van der Waals surface area contributed by atoms with E-state index in [2.05, 4.69) is 24.4 Å². The van der Waals surface area contributed by atoms with Crippen LogP contribution in [-0.4, -0.2) is 11.6 Å². The van der Waals surface area contributed by atoms with E-state index in [1.165, 1.54) is 0 Å². The first kappa shape index (κ1) is 14.4. The van der Waals surface area contributed by atoms with E-state index in [0.29, 0.717) is 6.42 Å². The van der Waals surface area contributed by atoms with Crippen molar-refractivity contribution in [2.75, 3.05) is 0 Å². The van der Waals surface area contributed by atoms with Crippen LogP contribution < -0.4 is 5.43 Å². The third-order valence-electron chi connectivity index (χ3n) is 2.62. The number of nitrogens with zero attached hydrogens (tertiary/aromatic N) is 1. The average Bonchev–Trinajstić information content (AvgIpc) is 2.38. The van der Waals surface area contributed by atoms with Gasteiger partial charge in [-0.05, 0) is 18.4 Å². The number of amides is 1. The summed E-state index contributed by atoms with van der Waals surface area (Å²) in [5, 5.41) is 4.22. The summed E-state index contributed by atoms with van der Waals surface area (Å²) >= 11 is 0. The number of hydrogen-bond donors (Lipinski definition) is 1. The Labute approximate surface area is 109 Å². The summed E-state index contributed by atoms with van der Waals surface area (Å²) in [6, 6.07) is 9.71. The molecule has 0 aliphatic rings. The van der Waals surface area contributed by atoms with Crippen molar-refractivity contribution in [2.24, 2.45) is 5.10 Å². The Balaban J connectivity index is 2.46. The predicted octanol–water partition coefficient (Wildman–Crippen LogP) is 3.30. The second kappa shape index (κ2) is 8.45. The minimum Gasteiger partial charge on any atom is -0.273 e. The second-order valence-corrected chi connectivity index (χ2v) is 4.38. The highest BCUT2D eigenvalue weighted by Gasteiger charge is 2.02. The Morgan fingerprint density at radius 2 is 1.72 bits per heavy atom. The maximum atomic E-state index is 11.7. The van der Waals surface area contributed by atoms with Crippen LogP contribution in [0.3, 0.4) is 0 Å². The van der Waals surface area contributed by atoms with E-state index in [1.807, 2.05) is 30.3 Å². The van der Waals surface area contributed by atoms with Crippen LogP contribution in [-0.2, 0) is 11.2 Å². The Hall–Kier alpha value is -1.64. The molecule has 1 N–H and O–H groups in total. The van der Waals surface area contributed by atoms with Crippen molar-refractivity contribution in [3.63, 3.8) is 0 Å². The van der Waals surface area contributed by atoms with Gasteiger partial charge in [0.15, 0.2) is 0 Å². The summed E-state index contributed by atoms with van der Waals surface area (Å²) in [7, 11) is 0. The number of carbonyl (C=O) groups excluding carboxylic acids is 1. The van der Waals surface area contributed by atoms with E-state index in [0.717, 1.165) is 37.0 Å². The fourth-order valence-electron chi connectivity index (χ4n) is 1.78. The summed E-state index contributed by atoms with van der Waals surface area (Å²) in [4.78, 5) is 11.7. The molecule has 0 saturated heterocycles. The highest BCUT2D eigenvalue weighted by Crippen LogP contribution is 2.01. The zero-order valence-electron chi connectivity index (χ0n) is 11.3. The van der Waals surface area contributed by atoms with Gasteiger partial charge in [-0.2, -0.15) is 5.10 Å². The van der Waals surface area contributed by atoms with Crippen LogP contribution in [0.1, 0.15) is 45.1 Å². The number of benzene rings is 1. The van der Waals surface area contributed by atoms with Crippen molar-refractivity contribution in [3.8, 4) is 0 Å². The van der Waals surface area contributed by atoms with Crippen LogP contribution in [0.4, 0.5) is 0 Å². The van der Waals surface area contributed by atoms with Crippen LogP contribution >= 0.6 is 0 Å². The summed E-state index contributed by atoms with van der Waals surface area (Å²) < 4.78 is 0. The van der Waals surface area contributed by atoms with Crippen LogP contribution in [0, 0.1) is 0 Å². The molecule has 18 heavy (non-hydrogen) atoms. The lowest BCUT2D eigenvalue weighted by Crippen LogP contribution is -2.21. The van der Waals surface area contributed by atoms with Crippen molar-refractivity contribution < 1.29 is 4.79 Å². The van der Waals surface area contributed by atoms with Crippen molar-refractivity contribution in [1.29, 1.82) is 0 Å². The molecule has 3 nitrogen and oxygen atoms in total.